The Bertz CT molecular complexity index is 301. The van der Waals surface area contributed by atoms with E-state index in [-0.39, 0.29) is 12.5 Å². The van der Waals surface area contributed by atoms with Crippen LogP contribution in [0.5, 0.6) is 5.75 Å². The van der Waals surface area contributed by atoms with E-state index >= 15 is 0 Å². The van der Waals surface area contributed by atoms with Gasteiger partial charge in [-0.1, -0.05) is 19.1 Å². The van der Waals surface area contributed by atoms with Crippen molar-refractivity contribution >= 4 is 0 Å². The summed E-state index contributed by atoms with van der Waals surface area (Å²) in [5.74, 6) is 1.16. The molecule has 15 heavy (non-hydrogen) atoms. The Balaban J connectivity index is 1.96. The fourth-order valence-corrected chi connectivity index (χ4v) is 1.66. The maximum atomic E-state index is 9.02. The molecule has 1 atom stereocenters. The van der Waals surface area contributed by atoms with Crippen LogP contribution < -0.4 is 4.74 Å². The van der Waals surface area contributed by atoms with Crippen molar-refractivity contribution in [3.8, 4) is 5.75 Å². The Hall–Kier alpha value is -1.02. The van der Waals surface area contributed by atoms with Crippen LogP contribution in [0.25, 0.3) is 0 Å². The number of rotatable bonds is 4. The molecule has 1 aromatic carbocycles. The van der Waals surface area contributed by atoms with E-state index in [2.05, 4.69) is 0 Å². The molecule has 1 saturated carbocycles. The molecule has 2 nitrogen and oxygen atoms in total. The molecule has 0 amide bonds. The molecule has 1 unspecified atom stereocenters. The first-order valence-corrected chi connectivity index (χ1v) is 5.67. The first-order valence-electron chi connectivity index (χ1n) is 5.67. The molecule has 0 spiro atoms. The van der Waals surface area contributed by atoms with Gasteiger partial charge in [0.05, 0.1) is 6.10 Å². The largest absolute Gasteiger partial charge is 0.490 e. The monoisotopic (exact) mass is 206 g/mol. The van der Waals surface area contributed by atoms with Crippen molar-refractivity contribution in [1.29, 1.82) is 0 Å². The summed E-state index contributed by atoms with van der Waals surface area (Å²) in [4.78, 5) is 0. The highest BCUT2D eigenvalue weighted by Crippen LogP contribution is 2.26. The average Bonchev–Trinajstić information content (AvgIpc) is 2.23. The van der Waals surface area contributed by atoms with Gasteiger partial charge < -0.3 is 9.84 Å². The molecule has 0 bridgehead atoms. The lowest BCUT2D eigenvalue weighted by atomic mass is 9.96. The molecule has 1 aromatic rings. The van der Waals surface area contributed by atoms with Crippen molar-refractivity contribution in [3.05, 3.63) is 29.8 Å². The Morgan fingerprint density at radius 1 is 1.33 bits per heavy atom. The molecular weight excluding hydrogens is 188 g/mol. The topological polar surface area (TPSA) is 29.5 Å². The van der Waals surface area contributed by atoms with Gasteiger partial charge in [-0.3, -0.25) is 0 Å². The molecule has 0 saturated heterocycles. The number of benzene rings is 1. The minimum atomic E-state index is 0.197. The minimum absolute atomic E-state index is 0.197. The zero-order valence-corrected chi connectivity index (χ0v) is 9.15. The molecule has 1 aliphatic rings. The fraction of sp³-hybridized carbons (Fsp3) is 0.538. The Kier molecular flexibility index (Phi) is 3.27. The number of hydrogen-bond donors (Lipinski definition) is 1. The fourth-order valence-electron chi connectivity index (χ4n) is 1.66. The molecule has 0 aliphatic heterocycles. The van der Waals surface area contributed by atoms with Crippen LogP contribution in [-0.4, -0.2) is 17.8 Å². The third kappa shape index (κ3) is 2.51. The van der Waals surface area contributed by atoms with Gasteiger partial charge in [-0.2, -0.15) is 0 Å². The second-order valence-corrected chi connectivity index (χ2v) is 4.32. The van der Waals surface area contributed by atoms with Crippen LogP contribution in [0.4, 0.5) is 0 Å². The number of ether oxygens (including phenoxy) is 1. The molecule has 0 aromatic heterocycles. The summed E-state index contributed by atoms with van der Waals surface area (Å²) in [6.45, 7) is 2.21. The first-order chi connectivity index (χ1) is 7.29. The molecule has 1 N–H and O–H groups in total. The predicted octanol–water partition coefficient (Wildman–Crippen LogP) is 2.71. The normalized spacial score (nSPS) is 18.3. The van der Waals surface area contributed by atoms with Crippen molar-refractivity contribution in [2.24, 2.45) is 0 Å². The van der Waals surface area contributed by atoms with E-state index in [1.807, 2.05) is 31.2 Å². The van der Waals surface area contributed by atoms with Crippen molar-refractivity contribution in [2.45, 2.75) is 38.2 Å². The highest BCUT2D eigenvalue weighted by atomic mass is 16.5. The van der Waals surface area contributed by atoms with E-state index in [1.165, 1.54) is 24.8 Å². The van der Waals surface area contributed by atoms with E-state index in [9.17, 15) is 0 Å². The SMILES string of the molecule is CC(CO)c1ccc(OC2CCC2)cc1. The van der Waals surface area contributed by atoms with Crippen LogP contribution in [0.3, 0.4) is 0 Å². The van der Waals surface area contributed by atoms with E-state index in [1.54, 1.807) is 0 Å². The van der Waals surface area contributed by atoms with Gasteiger partial charge in [0.15, 0.2) is 0 Å². The van der Waals surface area contributed by atoms with Gasteiger partial charge in [0.25, 0.3) is 0 Å². The quantitative estimate of drug-likeness (QED) is 0.820. The summed E-state index contributed by atoms with van der Waals surface area (Å²) in [5, 5.41) is 9.02. The van der Waals surface area contributed by atoms with Crippen LogP contribution >= 0.6 is 0 Å². The van der Waals surface area contributed by atoms with Crippen LogP contribution in [0.15, 0.2) is 24.3 Å². The molecule has 0 radical (unpaired) electrons. The smallest absolute Gasteiger partial charge is 0.119 e. The molecular formula is C13H18O2. The zero-order chi connectivity index (χ0) is 10.7. The van der Waals surface area contributed by atoms with Crippen LogP contribution in [-0.2, 0) is 0 Å². The summed E-state index contributed by atoms with van der Waals surface area (Å²) in [6, 6.07) is 8.07. The Labute approximate surface area is 90.9 Å². The third-order valence-corrected chi connectivity index (χ3v) is 3.08. The second kappa shape index (κ2) is 4.67. The summed E-state index contributed by atoms with van der Waals surface area (Å²) in [6.07, 6.45) is 4.11. The van der Waals surface area contributed by atoms with Crippen LogP contribution in [0.1, 0.15) is 37.7 Å². The summed E-state index contributed by atoms with van der Waals surface area (Å²) >= 11 is 0. The molecule has 1 fully saturated rings. The predicted molar refractivity (Wildman–Crippen MR) is 60.2 cm³/mol. The molecule has 2 rings (SSSR count). The molecule has 1 aliphatic carbocycles. The number of aliphatic hydroxyl groups is 1. The average molecular weight is 206 g/mol. The van der Waals surface area contributed by atoms with Crippen LogP contribution in [0.2, 0.25) is 0 Å². The maximum Gasteiger partial charge on any atom is 0.119 e. The maximum absolute atomic E-state index is 9.02. The number of hydrogen-bond acceptors (Lipinski definition) is 2. The van der Waals surface area contributed by atoms with E-state index < -0.39 is 0 Å². The summed E-state index contributed by atoms with van der Waals surface area (Å²) < 4.78 is 5.76. The van der Waals surface area contributed by atoms with Crippen molar-refractivity contribution in [1.82, 2.24) is 0 Å². The van der Waals surface area contributed by atoms with Gasteiger partial charge in [0, 0.05) is 12.5 Å². The lowest BCUT2D eigenvalue weighted by Gasteiger charge is -2.26. The number of aliphatic hydroxyl groups excluding tert-OH is 1. The van der Waals surface area contributed by atoms with Gasteiger partial charge in [-0.15, -0.1) is 0 Å². The van der Waals surface area contributed by atoms with Gasteiger partial charge in [0.1, 0.15) is 5.75 Å². The van der Waals surface area contributed by atoms with E-state index in [0.717, 1.165) is 5.75 Å². The van der Waals surface area contributed by atoms with E-state index in [0.29, 0.717) is 6.10 Å². The molecule has 2 heteroatoms. The van der Waals surface area contributed by atoms with Crippen molar-refractivity contribution in [3.63, 3.8) is 0 Å². The van der Waals surface area contributed by atoms with Crippen molar-refractivity contribution in [2.75, 3.05) is 6.61 Å². The van der Waals surface area contributed by atoms with Crippen LogP contribution in [0, 0.1) is 0 Å². The second-order valence-electron chi connectivity index (χ2n) is 4.32. The minimum Gasteiger partial charge on any atom is -0.490 e. The highest BCUT2D eigenvalue weighted by Gasteiger charge is 2.18. The standard InChI is InChI=1S/C13H18O2/c1-10(9-14)11-5-7-13(8-6-11)15-12-3-2-4-12/h5-8,10,12,14H,2-4,9H2,1H3. The first kappa shape index (κ1) is 10.5. The van der Waals surface area contributed by atoms with Gasteiger partial charge in [-0.25, -0.2) is 0 Å². The zero-order valence-electron chi connectivity index (χ0n) is 9.15. The van der Waals surface area contributed by atoms with E-state index in [4.69, 9.17) is 9.84 Å². The van der Waals surface area contributed by atoms with Crippen molar-refractivity contribution < 1.29 is 9.84 Å². The van der Waals surface area contributed by atoms with Gasteiger partial charge in [0.2, 0.25) is 0 Å². The Morgan fingerprint density at radius 3 is 2.47 bits per heavy atom. The molecule has 0 heterocycles. The van der Waals surface area contributed by atoms with Gasteiger partial charge in [-0.05, 0) is 37.0 Å². The molecule has 82 valence electrons. The summed E-state index contributed by atoms with van der Waals surface area (Å²) in [7, 11) is 0. The Morgan fingerprint density at radius 2 is 2.00 bits per heavy atom. The highest BCUT2D eigenvalue weighted by molar-refractivity contribution is 5.29. The summed E-state index contributed by atoms with van der Waals surface area (Å²) in [5.41, 5.74) is 1.17. The van der Waals surface area contributed by atoms with Gasteiger partial charge >= 0.3 is 0 Å². The lowest BCUT2D eigenvalue weighted by Crippen LogP contribution is -2.24. The third-order valence-electron chi connectivity index (χ3n) is 3.08. The lowest BCUT2D eigenvalue weighted by molar-refractivity contribution is 0.120.